The van der Waals surface area contributed by atoms with Gasteiger partial charge in [-0.05, 0) is 104 Å². The highest BCUT2D eigenvalue weighted by atomic mass is 16.4. The third-order valence-electron chi connectivity index (χ3n) is 17.0. The molecule has 16 amide bonds. The molecular weight excluding hydrogens is 1470 g/mol. The summed E-state index contributed by atoms with van der Waals surface area (Å²) in [4.78, 5) is 242. The van der Waals surface area contributed by atoms with Crippen molar-refractivity contribution in [2.75, 3.05) is 6.54 Å². The Morgan fingerprint density at radius 1 is 0.295 bits per heavy atom. The zero-order chi connectivity index (χ0) is 83.1. The Hall–Kier alpha value is -13.1. The molecule has 0 bridgehead atoms. The van der Waals surface area contributed by atoms with Gasteiger partial charge in [0.05, 0.1) is 6.42 Å². The van der Waals surface area contributed by atoms with Crippen LogP contribution in [0.3, 0.4) is 0 Å². The molecule has 27 N–H and O–H groups in total. The SMILES string of the molecule is CC(=O)N[C@@H](CCC(N)=O)C(=O)N[C@@H](CC(=O)O)C(=O)N[C@@H](Cc1ccc(O)cc1)C(=O)N[C@@H](CCC(N)=O)C(=O)N[C@@H](Cc1ccccc1)C(=O)N[C@@H](CCC(N)=O)C(=O)N[C@@H](Cc1ccccc1)C(=O)N[C@@H](CCC(N)=O)C(=O)N[C@@H](Cc1ccc(O)cc1)C(=O)N[C@@H](CCCCN)C(=O)N[C@@H](CCC(N)=O)C(=O)O. The van der Waals surface area contributed by atoms with E-state index in [1.54, 1.807) is 60.7 Å². The van der Waals surface area contributed by atoms with Crippen LogP contribution in [-0.2, 0) is 112 Å². The maximum absolute atomic E-state index is 15.0. The van der Waals surface area contributed by atoms with Gasteiger partial charge in [-0.25, -0.2) is 4.79 Å². The molecule has 0 spiro atoms. The van der Waals surface area contributed by atoms with Crippen molar-refractivity contribution in [2.24, 2.45) is 34.4 Å². The number of hydrogen-bond donors (Lipinski definition) is 21. The number of carbonyl (C=O) groups is 18. The van der Waals surface area contributed by atoms with Crippen LogP contribution in [0.1, 0.15) is 119 Å². The minimum Gasteiger partial charge on any atom is -0.508 e. The summed E-state index contributed by atoms with van der Waals surface area (Å²) in [5.74, 6) is -20.5. The fourth-order valence-corrected chi connectivity index (χ4v) is 11.2. The minimum absolute atomic E-state index is 0.121. The predicted octanol–water partition coefficient (Wildman–Crippen LogP) is -5.26. The van der Waals surface area contributed by atoms with Crippen LogP contribution in [0.2, 0.25) is 0 Å². The van der Waals surface area contributed by atoms with Crippen LogP contribution in [0.5, 0.6) is 11.5 Å². The van der Waals surface area contributed by atoms with E-state index in [1.807, 2.05) is 0 Å². The summed E-state index contributed by atoms with van der Waals surface area (Å²) < 4.78 is 0. The van der Waals surface area contributed by atoms with Crippen LogP contribution in [-0.4, -0.2) is 200 Å². The third-order valence-corrected chi connectivity index (χ3v) is 17.0. The number of rotatable bonds is 51. The smallest absolute Gasteiger partial charge is 0.326 e. The summed E-state index contributed by atoms with van der Waals surface area (Å²) in [6.07, 6.45) is -7.57. The molecule has 0 aliphatic carbocycles. The second-order valence-electron chi connectivity index (χ2n) is 26.2. The zero-order valence-corrected chi connectivity index (χ0v) is 61.3. The number of carboxylic acids is 2. The van der Waals surface area contributed by atoms with Crippen LogP contribution < -0.4 is 92.9 Å². The van der Waals surface area contributed by atoms with E-state index in [-0.39, 0.29) is 55.7 Å². The Kier molecular flexibility index (Phi) is 38.3. The van der Waals surface area contributed by atoms with Crippen molar-refractivity contribution in [3.63, 3.8) is 0 Å². The molecule has 4 rings (SSSR count). The monoisotopic (exact) mass is 1560 g/mol. The molecule has 4 aromatic carbocycles. The van der Waals surface area contributed by atoms with Gasteiger partial charge in [0.2, 0.25) is 94.5 Å². The molecule has 0 fully saturated rings. The standard InChI is InChI=1S/C73H97N17O22/c1-39(91)80-47(23-28-57(75)94)64(102)90-56(38-62(99)100)72(110)89-55(37-43-17-21-45(93)22-18-43)71(109)84-49(25-30-59(77)96)66(104)87-52(34-40-10-4-2-5-11-40)69(107)82-48(24-29-58(76)95)65(103)86-53(35-41-12-6-3-7-13-41)70(108)83-50(26-31-60(78)97)67(105)88-54(36-42-15-19-44(92)20-16-42)68(106)81-46(14-8-9-33-74)63(101)85-51(73(111)112)27-32-61(79)98/h2-7,10-13,15-22,46-56,92-93H,8-9,14,23-38,74H2,1H3,(H2,75,94)(H2,76,95)(H2,77,96)(H2,78,97)(H2,79,98)(H,80,91)(H,81,106)(H,82,107)(H,83,108)(H,84,109)(H,85,101)(H,86,103)(H,87,104)(H,88,105)(H,89,110)(H,90,102)(H,99,100)(H,111,112)/t46-,47-,48-,49-,50-,51-,52-,53-,54-,55-,56-/m0/s1. The molecule has 39 nitrogen and oxygen atoms in total. The van der Waals surface area contributed by atoms with Gasteiger partial charge in [-0.1, -0.05) is 84.9 Å². The number of aliphatic carboxylic acids is 2. The van der Waals surface area contributed by atoms with E-state index < -0.39 is 250 Å². The molecule has 0 radical (unpaired) electrons. The molecule has 0 aromatic heterocycles. The maximum Gasteiger partial charge on any atom is 0.326 e. The summed E-state index contributed by atoms with van der Waals surface area (Å²) in [5.41, 5.74) is 34.2. The van der Waals surface area contributed by atoms with Crippen molar-refractivity contribution < 1.29 is 107 Å². The summed E-state index contributed by atoms with van der Waals surface area (Å²) in [6.45, 7) is 1.19. The quantitative estimate of drug-likeness (QED) is 0.0184. The van der Waals surface area contributed by atoms with Crippen molar-refractivity contribution in [2.45, 2.75) is 189 Å². The number of primary amides is 5. The zero-order valence-electron chi connectivity index (χ0n) is 61.3. The molecule has 606 valence electrons. The fraction of sp³-hybridized carbons (Fsp3) is 0.425. The molecule has 4 aromatic rings. The lowest BCUT2D eigenvalue weighted by atomic mass is 10.0. The summed E-state index contributed by atoms with van der Waals surface area (Å²) in [6, 6.07) is 7.11. The molecule has 0 heterocycles. The average molecular weight is 1560 g/mol. The van der Waals surface area contributed by atoms with Gasteiger partial charge in [0, 0.05) is 64.7 Å². The summed E-state index contributed by atoms with van der Waals surface area (Å²) in [5, 5.41) is 66.5. The lowest BCUT2D eigenvalue weighted by molar-refractivity contribution is -0.143. The van der Waals surface area contributed by atoms with Crippen LogP contribution in [0.15, 0.2) is 109 Å². The number of amides is 16. The number of carbonyl (C=O) groups excluding carboxylic acids is 16. The number of benzene rings is 4. The number of unbranched alkanes of at least 4 members (excludes halogenated alkanes) is 1. The highest BCUT2D eigenvalue weighted by Crippen LogP contribution is 2.17. The molecule has 112 heavy (non-hydrogen) atoms. The minimum atomic E-state index is -1.99. The number of carboxylic acid groups (broad SMARTS) is 2. The molecule has 39 heteroatoms. The Morgan fingerprint density at radius 2 is 0.527 bits per heavy atom. The van der Waals surface area contributed by atoms with E-state index >= 15 is 0 Å². The van der Waals surface area contributed by atoms with Gasteiger partial charge in [-0.15, -0.1) is 0 Å². The number of phenolic OH excluding ortho intramolecular Hbond substituents is 2. The molecule has 11 atom stereocenters. The van der Waals surface area contributed by atoms with E-state index in [1.165, 1.54) is 48.5 Å². The summed E-state index contributed by atoms with van der Waals surface area (Å²) >= 11 is 0. The van der Waals surface area contributed by atoms with Crippen molar-refractivity contribution in [1.29, 1.82) is 0 Å². The van der Waals surface area contributed by atoms with Gasteiger partial charge >= 0.3 is 11.9 Å². The van der Waals surface area contributed by atoms with Crippen molar-refractivity contribution >= 4 is 106 Å². The van der Waals surface area contributed by atoms with E-state index in [2.05, 4.69) is 58.5 Å². The molecule has 0 saturated carbocycles. The van der Waals surface area contributed by atoms with Gasteiger partial charge in [0.25, 0.3) is 0 Å². The normalized spacial score (nSPS) is 13.8. The van der Waals surface area contributed by atoms with Crippen LogP contribution >= 0.6 is 0 Å². The lowest BCUT2D eigenvalue weighted by Gasteiger charge is -2.28. The van der Waals surface area contributed by atoms with Gasteiger partial charge < -0.3 is 113 Å². The maximum atomic E-state index is 15.0. The first-order valence-corrected chi connectivity index (χ1v) is 35.5. The predicted molar refractivity (Wildman–Crippen MR) is 396 cm³/mol. The third kappa shape index (κ3) is 34.4. The Balaban J connectivity index is 1.75. The number of nitrogens with one attached hydrogen (secondary N) is 11. The Bertz CT molecular complexity index is 3970. The average Bonchev–Trinajstić information content (AvgIpc) is 0.852. The van der Waals surface area contributed by atoms with Crippen LogP contribution in [0, 0.1) is 0 Å². The largest absolute Gasteiger partial charge is 0.508 e. The number of phenols is 2. The molecule has 0 unspecified atom stereocenters. The number of nitrogens with two attached hydrogens (primary N) is 6. The van der Waals surface area contributed by atoms with Crippen molar-refractivity contribution in [1.82, 2.24) is 58.5 Å². The van der Waals surface area contributed by atoms with Crippen molar-refractivity contribution in [3.8, 4) is 11.5 Å². The van der Waals surface area contributed by atoms with Crippen LogP contribution in [0.25, 0.3) is 0 Å². The second kappa shape index (κ2) is 47.0. The first kappa shape index (κ1) is 91.3. The Labute approximate surface area is 642 Å². The molecule has 0 aliphatic heterocycles. The summed E-state index contributed by atoms with van der Waals surface area (Å²) in [7, 11) is 0. The van der Waals surface area contributed by atoms with Gasteiger partial charge in [0.15, 0.2) is 0 Å². The van der Waals surface area contributed by atoms with Gasteiger partial charge in [-0.3, -0.25) is 81.5 Å². The topological polar surface area (TPSA) is 677 Å². The van der Waals surface area contributed by atoms with Crippen LogP contribution in [0.4, 0.5) is 0 Å². The second-order valence-corrected chi connectivity index (χ2v) is 26.2. The Morgan fingerprint density at radius 3 is 0.795 bits per heavy atom. The fourth-order valence-electron chi connectivity index (χ4n) is 11.2. The number of hydrogen-bond acceptors (Lipinski definition) is 21. The van der Waals surface area contributed by atoms with Gasteiger partial charge in [0.1, 0.15) is 78.0 Å². The van der Waals surface area contributed by atoms with Crippen molar-refractivity contribution in [3.05, 3.63) is 131 Å². The highest BCUT2D eigenvalue weighted by molar-refractivity contribution is 6.00. The molecule has 0 aliphatic rings. The molecule has 0 saturated heterocycles. The van der Waals surface area contributed by atoms with E-state index in [4.69, 9.17) is 34.4 Å². The molecular formula is C73H97N17O22. The van der Waals surface area contributed by atoms with Gasteiger partial charge in [-0.2, -0.15) is 0 Å². The van der Waals surface area contributed by atoms with E-state index in [0.29, 0.717) is 23.1 Å². The van der Waals surface area contributed by atoms with E-state index in [9.17, 15) is 107 Å². The first-order valence-electron chi connectivity index (χ1n) is 35.5. The lowest BCUT2D eigenvalue weighted by Crippen LogP contribution is -2.61. The number of aromatic hydroxyl groups is 2. The van der Waals surface area contributed by atoms with E-state index in [0.717, 1.165) is 6.92 Å². The highest BCUT2D eigenvalue weighted by Gasteiger charge is 2.38. The first-order chi connectivity index (χ1) is 53.0.